The monoisotopic (exact) mass is 312 g/mol. The number of benzene rings is 1. The Hall–Kier alpha value is -2.51. The lowest BCUT2D eigenvalue weighted by molar-refractivity contribution is -0.274. The van der Waals surface area contributed by atoms with Crippen LogP contribution in [0.5, 0.6) is 5.75 Å². The number of nitrogens with zero attached hydrogens (tertiary/aromatic N) is 3. The van der Waals surface area contributed by atoms with Gasteiger partial charge in [0.05, 0.1) is 0 Å². The van der Waals surface area contributed by atoms with Gasteiger partial charge in [0, 0.05) is 26.7 Å². The minimum Gasteiger partial charge on any atom is -0.406 e. The summed E-state index contributed by atoms with van der Waals surface area (Å²) in [6.07, 6.45) is -3.23. The predicted molar refractivity (Wildman–Crippen MR) is 76.8 cm³/mol. The first kappa shape index (κ1) is 15.9. The third-order valence-corrected chi connectivity index (χ3v) is 2.74. The zero-order valence-corrected chi connectivity index (χ0v) is 12.1. The van der Waals surface area contributed by atoms with Gasteiger partial charge in [-0.1, -0.05) is 12.1 Å². The van der Waals surface area contributed by atoms with Crippen LogP contribution in [0.25, 0.3) is 0 Å². The molecule has 0 amide bonds. The highest BCUT2D eigenvalue weighted by atomic mass is 19.4. The molecule has 0 aliphatic heterocycles. The van der Waals surface area contributed by atoms with Gasteiger partial charge in [-0.05, 0) is 17.7 Å². The van der Waals surface area contributed by atoms with Crippen molar-refractivity contribution < 1.29 is 17.9 Å². The summed E-state index contributed by atoms with van der Waals surface area (Å²) < 4.78 is 40.0. The maximum absolute atomic E-state index is 12.1. The largest absolute Gasteiger partial charge is 0.573 e. The van der Waals surface area contributed by atoms with E-state index in [1.807, 2.05) is 19.0 Å². The van der Waals surface area contributed by atoms with E-state index < -0.39 is 6.36 Å². The third kappa shape index (κ3) is 4.80. The fourth-order valence-corrected chi connectivity index (χ4v) is 1.69. The van der Waals surface area contributed by atoms with Gasteiger partial charge in [-0.2, -0.15) is 0 Å². The van der Waals surface area contributed by atoms with Crippen molar-refractivity contribution in [1.82, 2.24) is 9.97 Å². The van der Waals surface area contributed by atoms with Crippen molar-refractivity contribution in [3.63, 3.8) is 0 Å². The van der Waals surface area contributed by atoms with Crippen LogP contribution < -0.4 is 15.0 Å². The standard InChI is InChI=1S/C14H15F3N4O/c1-21(2)13-7-12(19-9-20-13)18-8-10-3-5-11(6-4-10)22-14(15,16)17/h3-7,9H,8H2,1-2H3,(H,18,19,20). The molecule has 0 radical (unpaired) electrons. The van der Waals surface area contributed by atoms with Crippen LogP contribution in [0.4, 0.5) is 24.8 Å². The van der Waals surface area contributed by atoms with Crippen LogP contribution in [0.15, 0.2) is 36.7 Å². The van der Waals surface area contributed by atoms with Crippen LogP contribution in [0.2, 0.25) is 0 Å². The van der Waals surface area contributed by atoms with Crippen LogP contribution in [0.1, 0.15) is 5.56 Å². The topological polar surface area (TPSA) is 50.3 Å². The third-order valence-electron chi connectivity index (χ3n) is 2.74. The maximum atomic E-state index is 12.1. The van der Waals surface area contributed by atoms with Crippen LogP contribution >= 0.6 is 0 Å². The predicted octanol–water partition coefficient (Wildman–Crippen LogP) is 3.05. The zero-order valence-electron chi connectivity index (χ0n) is 12.1. The van der Waals surface area contributed by atoms with E-state index in [9.17, 15) is 13.2 Å². The lowest BCUT2D eigenvalue weighted by Crippen LogP contribution is -2.17. The molecule has 8 heteroatoms. The Morgan fingerprint density at radius 1 is 1.14 bits per heavy atom. The van der Waals surface area contributed by atoms with Crippen LogP contribution in [0, 0.1) is 0 Å². The molecule has 0 atom stereocenters. The van der Waals surface area contributed by atoms with Crippen molar-refractivity contribution >= 4 is 11.6 Å². The van der Waals surface area contributed by atoms with E-state index in [1.54, 1.807) is 18.2 Å². The van der Waals surface area contributed by atoms with Crippen molar-refractivity contribution in [2.75, 3.05) is 24.3 Å². The summed E-state index contributed by atoms with van der Waals surface area (Å²) in [6, 6.07) is 7.44. The molecular formula is C14H15F3N4O. The molecule has 1 aromatic heterocycles. The van der Waals surface area contributed by atoms with Crippen molar-refractivity contribution in [2.24, 2.45) is 0 Å². The second kappa shape index (κ2) is 6.50. The average Bonchev–Trinajstić information content (AvgIpc) is 2.45. The number of ether oxygens (including phenoxy) is 1. The van der Waals surface area contributed by atoms with Crippen molar-refractivity contribution in [2.45, 2.75) is 12.9 Å². The molecule has 2 aromatic rings. The van der Waals surface area contributed by atoms with Crippen molar-refractivity contribution in [3.8, 4) is 5.75 Å². The van der Waals surface area contributed by atoms with Gasteiger partial charge in [0.1, 0.15) is 23.7 Å². The highest BCUT2D eigenvalue weighted by Gasteiger charge is 2.30. The Labute approximate surface area is 125 Å². The molecule has 118 valence electrons. The minimum atomic E-state index is -4.68. The number of hydrogen-bond donors (Lipinski definition) is 1. The molecule has 0 spiro atoms. The number of aromatic nitrogens is 2. The Bertz CT molecular complexity index is 614. The van der Waals surface area contributed by atoms with Crippen molar-refractivity contribution in [3.05, 3.63) is 42.2 Å². The summed E-state index contributed by atoms with van der Waals surface area (Å²) in [7, 11) is 3.73. The van der Waals surface area contributed by atoms with Gasteiger partial charge in [0.25, 0.3) is 0 Å². The Morgan fingerprint density at radius 2 is 1.82 bits per heavy atom. The summed E-state index contributed by atoms with van der Waals surface area (Å²) >= 11 is 0. The number of rotatable bonds is 5. The van der Waals surface area contributed by atoms with E-state index in [0.29, 0.717) is 12.4 Å². The first-order valence-electron chi connectivity index (χ1n) is 6.41. The van der Waals surface area contributed by atoms with E-state index in [0.717, 1.165) is 11.4 Å². The highest BCUT2D eigenvalue weighted by Crippen LogP contribution is 2.23. The molecule has 0 aliphatic carbocycles. The second-order valence-corrected chi connectivity index (χ2v) is 4.70. The Morgan fingerprint density at radius 3 is 2.41 bits per heavy atom. The summed E-state index contributed by atoms with van der Waals surface area (Å²) in [5.74, 6) is 1.15. The van der Waals surface area contributed by atoms with E-state index >= 15 is 0 Å². The quantitative estimate of drug-likeness (QED) is 0.919. The summed E-state index contributed by atoms with van der Waals surface area (Å²) in [5.41, 5.74) is 0.805. The molecular weight excluding hydrogens is 297 g/mol. The summed E-state index contributed by atoms with van der Waals surface area (Å²) in [6.45, 7) is 0.427. The molecule has 2 rings (SSSR count). The summed E-state index contributed by atoms with van der Waals surface area (Å²) in [5, 5.41) is 3.08. The smallest absolute Gasteiger partial charge is 0.406 e. The molecule has 22 heavy (non-hydrogen) atoms. The first-order valence-corrected chi connectivity index (χ1v) is 6.41. The van der Waals surface area contributed by atoms with E-state index in [4.69, 9.17) is 0 Å². The van der Waals surface area contributed by atoms with Gasteiger partial charge in [-0.25, -0.2) is 9.97 Å². The van der Waals surface area contributed by atoms with Gasteiger partial charge in [0.2, 0.25) is 0 Å². The first-order chi connectivity index (χ1) is 10.3. The molecule has 1 heterocycles. The van der Waals surface area contributed by atoms with Gasteiger partial charge in [-0.15, -0.1) is 13.2 Å². The number of alkyl halides is 3. The van der Waals surface area contributed by atoms with Crippen LogP contribution in [-0.2, 0) is 6.54 Å². The summed E-state index contributed by atoms with van der Waals surface area (Å²) in [4.78, 5) is 10.0. The molecule has 0 saturated heterocycles. The molecule has 0 unspecified atom stereocenters. The average molecular weight is 312 g/mol. The highest BCUT2D eigenvalue weighted by molar-refractivity contribution is 5.47. The zero-order chi connectivity index (χ0) is 16.2. The molecule has 0 fully saturated rings. The van der Waals surface area contributed by atoms with Gasteiger partial charge < -0.3 is 15.0 Å². The van der Waals surface area contributed by atoms with Gasteiger partial charge >= 0.3 is 6.36 Å². The Kier molecular flexibility index (Phi) is 4.69. The van der Waals surface area contributed by atoms with E-state index in [2.05, 4.69) is 20.0 Å². The molecule has 0 aliphatic rings. The van der Waals surface area contributed by atoms with Gasteiger partial charge in [0.15, 0.2) is 0 Å². The number of halogens is 3. The lowest BCUT2D eigenvalue weighted by atomic mass is 10.2. The Balaban J connectivity index is 1.96. The number of nitrogens with one attached hydrogen (secondary N) is 1. The SMILES string of the molecule is CN(C)c1cc(NCc2ccc(OC(F)(F)F)cc2)ncn1. The fraction of sp³-hybridized carbons (Fsp3) is 0.286. The number of hydrogen-bond acceptors (Lipinski definition) is 5. The molecule has 1 N–H and O–H groups in total. The minimum absolute atomic E-state index is 0.242. The normalized spacial score (nSPS) is 11.1. The van der Waals surface area contributed by atoms with E-state index in [-0.39, 0.29) is 5.75 Å². The molecule has 5 nitrogen and oxygen atoms in total. The fourth-order valence-electron chi connectivity index (χ4n) is 1.69. The molecule has 1 aromatic carbocycles. The molecule has 0 saturated carbocycles. The van der Waals surface area contributed by atoms with Crippen LogP contribution in [-0.4, -0.2) is 30.4 Å². The van der Waals surface area contributed by atoms with Gasteiger partial charge in [-0.3, -0.25) is 0 Å². The number of anilines is 2. The molecule has 0 bridgehead atoms. The van der Waals surface area contributed by atoms with Crippen molar-refractivity contribution in [1.29, 1.82) is 0 Å². The maximum Gasteiger partial charge on any atom is 0.573 e. The second-order valence-electron chi connectivity index (χ2n) is 4.70. The lowest BCUT2D eigenvalue weighted by Gasteiger charge is -2.12. The van der Waals surface area contributed by atoms with Crippen LogP contribution in [0.3, 0.4) is 0 Å². The van der Waals surface area contributed by atoms with E-state index in [1.165, 1.54) is 18.5 Å².